The van der Waals surface area contributed by atoms with E-state index < -0.39 is 6.10 Å². The lowest BCUT2D eigenvalue weighted by atomic mass is 10.1. The van der Waals surface area contributed by atoms with Gasteiger partial charge < -0.3 is 10.0 Å². The first-order chi connectivity index (χ1) is 14.0. The summed E-state index contributed by atoms with van der Waals surface area (Å²) >= 11 is 0. The van der Waals surface area contributed by atoms with Crippen LogP contribution in [0.4, 0.5) is 5.82 Å². The number of aryl methyl sites for hydroxylation is 1. The zero-order valence-electron chi connectivity index (χ0n) is 17.7. The van der Waals surface area contributed by atoms with Gasteiger partial charge in [0.1, 0.15) is 5.69 Å². The Morgan fingerprint density at radius 3 is 2.30 bits per heavy atom. The molecule has 30 heavy (non-hydrogen) atoms. The van der Waals surface area contributed by atoms with E-state index in [1.165, 1.54) is 11.3 Å². The Kier molecular flexibility index (Phi) is 7.07. The number of hydrogen-bond donors (Lipinski definition) is 1. The molecule has 0 radical (unpaired) electrons. The topological polar surface area (TPSA) is 70.3 Å². The van der Waals surface area contributed by atoms with E-state index in [0.717, 1.165) is 55.4 Å². The van der Waals surface area contributed by atoms with E-state index in [4.69, 9.17) is 0 Å². The Bertz CT molecular complexity index is 964. The van der Waals surface area contributed by atoms with Crippen LogP contribution in [0.25, 0.3) is 11.3 Å². The summed E-state index contributed by atoms with van der Waals surface area (Å²) in [6.45, 7) is 8.61. The standard InChI is InChI=1S/C22H28N6O.ClH/c1-16-20(14-25-26(16)3)15-27-10-12-28(13-11-27)22-21(23-8-9-24-22)19-6-4-18(5-7-19)17(2)29;/h4-9,14,17,29H,10-13,15H2,1-3H3;1H. The summed E-state index contributed by atoms with van der Waals surface area (Å²) in [6, 6.07) is 7.92. The minimum absolute atomic E-state index is 0. The van der Waals surface area contributed by atoms with Crippen molar-refractivity contribution in [1.82, 2.24) is 24.6 Å². The zero-order valence-corrected chi connectivity index (χ0v) is 18.5. The van der Waals surface area contributed by atoms with Gasteiger partial charge in [0.25, 0.3) is 0 Å². The summed E-state index contributed by atoms with van der Waals surface area (Å²) in [5.41, 5.74) is 5.33. The third kappa shape index (κ3) is 4.64. The quantitative estimate of drug-likeness (QED) is 0.673. The fourth-order valence-corrected chi connectivity index (χ4v) is 3.74. The molecule has 0 aliphatic carbocycles. The van der Waals surface area contributed by atoms with Gasteiger partial charge in [-0.1, -0.05) is 24.3 Å². The van der Waals surface area contributed by atoms with Crippen molar-refractivity contribution in [3.05, 3.63) is 59.7 Å². The van der Waals surface area contributed by atoms with E-state index in [2.05, 4.69) is 31.8 Å². The lowest BCUT2D eigenvalue weighted by Gasteiger charge is -2.35. The second kappa shape index (κ2) is 9.55. The average molecular weight is 429 g/mol. The molecular formula is C22H29ClN6O. The van der Waals surface area contributed by atoms with Crippen molar-refractivity contribution >= 4 is 18.2 Å². The number of hydrogen-bond acceptors (Lipinski definition) is 6. The van der Waals surface area contributed by atoms with Crippen molar-refractivity contribution in [3.63, 3.8) is 0 Å². The smallest absolute Gasteiger partial charge is 0.155 e. The van der Waals surface area contributed by atoms with E-state index >= 15 is 0 Å². The minimum atomic E-state index is -0.470. The lowest BCUT2D eigenvalue weighted by molar-refractivity contribution is 0.199. The van der Waals surface area contributed by atoms with Gasteiger partial charge in [0, 0.05) is 69.0 Å². The Balaban J connectivity index is 0.00000256. The van der Waals surface area contributed by atoms with Crippen LogP contribution in [0.3, 0.4) is 0 Å². The summed E-state index contributed by atoms with van der Waals surface area (Å²) in [7, 11) is 1.99. The molecule has 160 valence electrons. The van der Waals surface area contributed by atoms with Crippen LogP contribution in [0.15, 0.2) is 42.9 Å². The van der Waals surface area contributed by atoms with Crippen molar-refractivity contribution in [2.45, 2.75) is 26.5 Å². The lowest BCUT2D eigenvalue weighted by Crippen LogP contribution is -2.46. The highest BCUT2D eigenvalue weighted by atomic mass is 35.5. The number of nitrogens with zero attached hydrogens (tertiary/aromatic N) is 6. The molecular weight excluding hydrogens is 400 g/mol. The Morgan fingerprint density at radius 1 is 1.03 bits per heavy atom. The maximum atomic E-state index is 9.75. The molecule has 1 fully saturated rings. The molecule has 8 heteroatoms. The molecule has 7 nitrogen and oxygen atoms in total. The molecule has 3 heterocycles. The summed E-state index contributed by atoms with van der Waals surface area (Å²) in [5, 5.41) is 14.1. The molecule has 0 saturated carbocycles. The number of aromatic nitrogens is 4. The number of piperazine rings is 1. The number of aliphatic hydroxyl groups is 1. The molecule has 1 unspecified atom stereocenters. The second-order valence-corrected chi connectivity index (χ2v) is 7.67. The molecule has 1 aromatic carbocycles. The predicted molar refractivity (Wildman–Crippen MR) is 121 cm³/mol. The van der Waals surface area contributed by atoms with Crippen molar-refractivity contribution in [2.75, 3.05) is 31.1 Å². The van der Waals surface area contributed by atoms with Crippen LogP contribution >= 0.6 is 12.4 Å². The molecule has 1 atom stereocenters. The number of benzene rings is 1. The highest BCUT2D eigenvalue weighted by molar-refractivity contribution is 5.85. The minimum Gasteiger partial charge on any atom is -0.389 e. The maximum Gasteiger partial charge on any atom is 0.155 e. The van der Waals surface area contributed by atoms with Crippen LogP contribution in [-0.4, -0.2) is 55.9 Å². The molecule has 4 rings (SSSR count). The Labute approximate surface area is 183 Å². The van der Waals surface area contributed by atoms with Gasteiger partial charge in [-0.3, -0.25) is 14.6 Å². The molecule has 2 aromatic heterocycles. The summed E-state index contributed by atoms with van der Waals surface area (Å²) in [4.78, 5) is 14.0. The van der Waals surface area contributed by atoms with Gasteiger partial charge >= 0.3 is 0 Å². The van der Waals surface area contributed by atoms with Crippen molar-refractivity contribution in [2.24, 2.45) is 7.05 Å². The number of halogens is 1. The van der Waals surface area contributed by atoms with E-state index in [1.807, 2.05) is 42.2 Å². The van der Waals surface area contributed by atoms with Gasteiger partial charge in [-0.25, -0.2) is 4.98 Å². The summed E-state index contributed by atoms with van der Waals surface area (Å²) < 4.78 is 1.93. The average Bonchev–Trinajstić information content (AvgIpc) is 3.06. The maximum absolute atomic E-state index is 9.75. The van der Waals surface area contributed by atoms with Crippen LogP contribution < -0.4 is 4.90 Å². The summed E-state index contributed by atoms with van der Waals surface area (Å²) in [6.07, 6.45) is 5.00. The monoisotopic (exact) mass is 428 g/mol. The molecule has 1 aliphatic heterocycles. The van der Waals surface area contributed by atoms with Gasteiger partial charge in [-0.05, 0) is 19.4 Å². The first-order valence-corrected chi connectivity index (χ1v) is 10.1. The molecule has 1 N–H and O–H groups in total. The highest BCUT2D eigenvalue weighted by Gasteiger charge is 2.22. The highest BCUT2D eigenvalue weighted by Crippen LogP contribution is 2.28. The Hall–Kier alpha value is -2.48. The van der Waals surface area contributed by atoms with Crippen LogP contribution in [0.5, 0.6) is 0 Å². The first kappa shape index (κ1) is 22.2. The molecule has 1 saturated heterocycles. The van der Waals surface area contributed by atoms with Crippen molar-refractivity contribution in [3.8, 4) is 11.3 Å². The zero-order chi connectivity index (χ0) is 20.4. The number of aliphatic hydroxyl groups excluding tert-OH is 1. The predicted octanol–water partition coefficient (Wildman–Crippen LogP) is 2.98. The third-order valence-electron chi connectivity index (χ3n) is 5.75. The Morgan fingerprint density at radius 2 is 1.70 bits per heavy atom. The number of anilines is 1. The fraction of sp³-hybridized carbons (Fsp3) is 0.409. The van der Waals surface area contributed by atoms with Gasteiger partial charge in [0.2, 0.25) is 0 Å². The normalized spacial score (nSPS) is 15.7. The molecule has 0 bridgehead atoms. The first-order valence-electron chi connectivity index (χ1n) is 10.1. The van der Waals surface area contributed by atoms with Gasteiger partial charge in [-0.2, -0.15) is 5.10 Å². The molecule has 3 aromatic rings. The number of rotatable bonds is 5. The van der Waals surface area contributed by atoms with E-state index in [9.17, 15) is 5.11 Å². The summed E-state index contributed by atoms with van der Waals surface area (Å²) in [5.74, 6) is 0.925. The van der Waals surface area contributed by atoms with Crippen LogP contribution in [-0.2, 0) is 13.6 Å². The fourth-order valence-electron chi connectivity index (χ4n) is 3.74. The third-order valence-corrected chi connectivity index (χ3v) is 5.75. The van der Waals surface area contributed by atoms with Crippen LogP contribution in [0.1, 0.15) is 29.8 Å². The van der Waals surface area contributed by atoms with Crippen molar-refractivity contribution < 1.29 is 5.11 Å². The van der Waals surface area contributed by atoms with Crippen LogP contribution in [0.2, 0.25) is 0 Å². The van der Waals surface area contributed by atoms with Gasteiger partial charge in [-0.15, -0.1) is 12.4 Å². The largest absolute Gasteiger partial charge is 0.389 e. The van der Waals surface area contributed by atoms with Crippen molar-refractivity contribution in [1.29, 1.82) is 0 Å². The van der Waals surface area contributed by atoms with Crippen LogP contribution in [0, 0.1) is 6.92 Å². The van der Waals surface area contributed by atoms with E-state index in [1.54, 1.807) is 19.3 Å². The molecule has 0 spiro atoms. The van der Waals surface area contributed by atoms with Gasteiger partial charge in [0.05, 0.1) is 12.3 Å². The van der Waals surface area contributed by atoms with E-state index in [0.29, 0.717) is 0 Å². The van der Waals surface area contributed by atoms with E-state index in [-0.39, 0.29) is 12.4 Å². The molecule has 0 amide bonds. The van der Waals surface area contributed by atoms with Gasteiger partial charge in [0.15, 0.2) is 5.82 Å². The SMILES string of the molecule is Cc1c(CN2CCN(c3nccnc3-c3ccc(C(C)O)cc3)CC2)cnn1C.Cl. The molecule has 1 aliphatic rings. The second-order valence-electron chi connectivity index (χ2n) is 7.67.